The Bertz CT molecular complexity index is 943. The highest BCUT2D eigenvalue weighted by atomic mass is 35.5. The Hall–Kier alpha value is -2.38. The maximum atomic E-state index is 12.7. The Kier molecular flexibility index (Phi) is 6.36. The van der Waals surface area contributed by atoms with Crippen molar-refractivity contribution in [2.45, 2.75) is 45.3 Å². The minimum atomic E-state index is -0.202. The number of nitrogens with zero attached hydrogens (tertiary/aromatic N) is 4. The molecule has 1 aromatic carbocycles. The zero-order valence-corrected chi connectivity index (χ0v) is 17.1. The third-order valence-electron chi connectivity index (χ3n) is 5.22. The normalized spacial score (nSPS) is 17.9. The van der Waals surface area contributed by atoms with Gasteiger partial charge in [0.2, 0.25) is 0 Å². The van der Waals surface area contributed by atoms with Crippen molar-refractivity contribution < 1.29 is 4.79 Å². The fraction of sp³-hybridized carbons (Fsp3) is 0.450. The van der Waals surface area contributed by atoms with E-state index in [2.05, 4.69) is 33.3 Å². The van der Waals surface area contributed by atoms with Crippen LogP contribution in [0.15, 0.2) is 36.5 Å². The second kappa shape index (κ2) is 8.75. The number of fused-ring (bicyclic) bond motifs is 1. The number of aromatic nitrogens is 4. The van der Waals surface area contributed by atoms with E-state index < -0.39 is 0 Å². The summed E-state index contributed by atoms with van der Waals surface area (Å²) in [7, 11) is 0. The number of carbonyl (C=O) groups excluding carboxylic acids is 1. The molecule has 7 nitrogen and oxygen atoms in total. The summed E-state index contributed by atoms with van der Waals surface area (Å²) in [6.45, 7) is 6.82. The number of aryl methyl sites for hydroxylation is 1. The fourth-order valence-electron chi connectivity index (χ4n) is 3.81. The van der Waals surface area contributed by atoms with Gasteiger partial charge in [-0.2, -0.15) is 5.10 Å². The number of para-hydroxylation sites is 2. The number of hydrogen-bond acceptors (Lipinski definition) is 4. The maximum absolute atomic E-state index is 12.7. The van der Waals surface area contributed by atoms with E-state index in [9.17, 15) is 4.79 Å². The van der Waals surface area contributed by atoms with E-state index in [4.69, 9.17) is 4.98 Å². The lowest BCUT2D eigenvalue weighted by molar-refractivity contribution is 0.0931. The second-order valence-electron chi connectivity index (χ2n) is 7.08. The van der Waals surface area contributed by atoms with Crippen LogP contribution in [0.25, 0.3) is 11.0 Å². The molecule has 0 bridgehead atoms. The van der Waals surface area contributed by atoms with Gasteiger partial charge in [0.15, 0.2) is 0 Å². The molecule has 2 atom stereocenters. The summed E-state index contributed by atoms with van der Waals surface area (Å²) >= 11 is 0. The van der Waals surface area contributed by atoms with Crippen molar-refractivity contribution in [1.82, 2.24) is 30.0 Å². The van der Waals surface area contributed by atoms with Crippen LogP contribution in [-0.2, 0) is 6.54 Å². The third-order valence-corrected chi connectivity index (χ3v) is 5.22. The quantitative estimate of drug-likeness (QED) is 0.687. The van der Waals surface area contributed by atoms with Crippen LogP contribution in [0.1, 0.15) is 55.1 Å². The van der Waals surface area contributed by atoms with Crippen LogP contribution in [0.4, 0.5) is 0 Å². The summed E-state index contributed by atoms with van der Waals surface area (Å²) in [5.74, 6) is 0.697. The van der Waals surface area contributed by atoms with Gasteiger partial charge < -0.3 is 15.2 Å². The molecule has 150 valence electrons. The Labute approximate surface area is 170 Å². The number of amides is 1. The molecule has 1 amide bonds. The third kappa shape index (κ3) is 3.91. The van der Waals surface area contributed by atoms with Gasteiger partial charge in [0, 0.05) is 19.3 Å². The summed E-state index contributed by atoms with van der Waals surface area (Å²) in [5.41, 5.74) is 2.49. The van der Waals surface area contributed by atoms with Gasteiger partial charge in [-0.05, 0) is 51.4 Å². The van der Waals surface area contributed by atoms with Crippen LogP contribution < -0.4 is 10.6 Å². The standard InChI is InChI=1S/C20H26N6O.ClH/c1-3-25-18-9-5-4-8-16(18)23-19(25)14(2)22-20(27)17-10-12-26(24-17)15-7-6-11-21-13-15;/h4-5,8-10,12,14-15,21H,3,6-7,11,13H2,1-2H3,(H,22,27);1H. The predicted molar refractivity (Wildman–Crippen MR) is 112 cm³/mol. The van der Waals surface area contributed by atoms with Crippen molar-refractivity contribution in [2.24, 2.45) is 0 Å². The first-order valence-electron chi connectivity index (χ1n) is 9.69. The van der Waals surface area contributed by atoms with Crippen molar-refractivity contribution in [3.05, 3.63) is 48.0 Å². The van der Waals surface area contributed by atoms with Crippen molar-refractivity contribution in [3.63, 3.8) is 0 Å². The zero-order valence-electron chi connectivity index (χ0n) is 16.3. The second-order valence-corrected chi connectivity index (χ2v) is 7.08. The van der Waals surface area contributed by atoms with Gasteiger partial charge in [0.1, 0.15) is 11.5 Å². The lowest BCUT2D eigenvalue weighted by Gasteiger charge is -2.22. The largest absolute Gasteiger partial charge is 0.341 e. The first-order valence-corrected chi connectivity index (χ1v) is 9.69. The SMILES string of the molecule is CCn1c(C(C)NC(=O)c2ccn(C3CCCNC3)n2)nc2ccccc21.Cl. The lowest BCUT2D eigenvalue weighted by atomic mass is 10.1. The molecule has 1 aliphatic heterocycles. The molecular weight excluding hydrogens is 376 g/mol. The van der Waals surface area contributed by atoms with Crippen molar-refractivity contribution in [2.75, 3.05) is 13.1 Å². The number of rotatable bonds is 5. The summed E-state index contributed by atoms with van der Waals surface area (Å²) in [5, 5.41) is 10.9. The van der Waals surface area contributed by atoms with Gasteiger partial charge in [-0.25, -0.2) is 4.98 Å². The average molecular weight is 403 g/mol. The van der Waals surface area contributed by atoms with Crippen molar-refractivity contribution >= 4 is 29.3 Å². The zero-order chi connectivity index (χ0) is 18.8. The van der Waals surface area contributed by atoms with E-state index in [1.807, 2.05) is 36.0 Å². The number of imidazole rings is 1. The van der Waals surface area contributed by atoms with E-state index in [-0.39, 0.29) is 24.4 Å². The van der Waals surface area contributed by atoms with Crippen LogP contribution >= 0.6 is 12.4 Å². The number of nitrogens with one attached hydrogen (secondary N) is 2. The van der Waals surface area contributed by atoms with E-state index in [0.29, 0.717) is 11.7 Å². The smallest absolute Gasteiger partial charge is 0.272 e. The maximum Gasteiger partial charge on any atom is 0.272 e. The Morgan fingerprint density at radius 1 is 1.36 bits per heavy atom. The summed E-state index contributed by atoms with van der Waals surface area (Å²) in [6, 6.07) is 9.96. The van der Waals surface area contributed by atoms with E-state index in [0.717, 1.165) is 49.3 Å². The molecule has 28 heavy (non-hydrogen) atoms. The Morgan fingerprint density at radius 2 is 2.18 bits per heavy atom. The molecule has 1 saturated heterocycles. The van der Waals surface area contributed by atoms with Crippen molar-refractivity contribution in [1.29, 1.82) is 0 Å². The Balaban J connectivity index is 0.00000225. The highest BCUT2D eigenvalue weighted by Gasteiger charge is 2.21. The van der Waals surface area contributed by atoms with Gasteiger partial charge in [-0.15, -0.1) is 12.4 Å². The van der Waals surface area contributed by atoms with Crippen molar-refractivity contribution in [3.8, 4) is 0 Å². The minimum Gasteiger partial charge on any atom is -0.341 e. The van der Waals surface area contributed by atoms with Gasteiger partial charge >= 0.3 is 0 Å². The van der Waals surface area contributed by atoms with Gasteiger partial charge in [0.25, 0.3) is 5.91 Å². The molecule has 3 aromatic rings. The fourth-order valence-corrected chi connectivity index (χ4v) is 3.81. The van der Waals surface area contributed by atoms with Crippen LogP contribution in [-0.4, -0.2) is 38.3 Å². The number of hydrogen-bond donors (Lipinski definition) is 2. The van der Waals surface area contributed by atoms with Crippen LogP contribution in [0, 0.1) is 0 Å². The molecule has 0 radical (unpaired) electrons. The summed E-state index contributed by atoms with van der Waals surface area (Å²) in [6.07, 6.45) is 4.13. The molecule has 2 aromatic heterocycles. The molecule has 0 saturated carbocycles. The lowest BCUT2D eigenvalue weighted by Crippen LogP contribution is -2.32. The molecule has 1 aliphatic rings. The highest BCUT2D eigenvalue weighted by Crippen LogP contribution is 2.21. The van der Waals surface area contributed by atoms with Gasteiger partial charge in [0.05, 0.1) is 23.1 Å². The number of piperidine rings is 1. The topological polar surface area (TPSA) is 76.8 Å². The molecule has 1 fully saturated rings. The number of carbonyl (C=O) groups is 1. The highest BCUT2D eigenvalue weighted by molar-refractivity contribution is 5.92. The molecule has 8 heteroatoms. The van der Waals surface area contributed by atoms with Crippen LogP contribution in [0.5, 0.6) is 0 Å². The molecule has 0 aliphatic carbocycles. The van der Waals surface area contributed by atoms with Gasteiger partial charge in [-0.1, -0.05) is 12.1 Å². The monoisotopic (exact) mass is 402 g/mol. The van der Waals surface area contributed by atoms with Crippen LogP contribution in [0.3, 0.4) is 0 Å². The average Bonchev–Trinajstić information content (AvgIpc) is 3.33. The Morgan fingerprint density at radius 3 is 2.93 bits per heavy atom. The van der Waals surface area contributed by atoms with E-state index in [1.54, 1.807) is 6.07 Å². The minimum absolute atomic E-state index is 0. The molecule has 4 rings (SSSR count). The molecule has 2 unspecified atom stereocenters. The molecule has 0 spiro atoms. The van der Waals surface area contributed by atoms with Crippen LogP contribution in [0.2, 0.25) is 0 Å². The van der Waals surface area contributed by atoms with E-state index >= 15 is 0 Å². The molecular formula is C20H27ClN6O. The van der Waals surface area contributed by atoms with Gasteiger partial charge in [-0.3, -0.25) is 9.48 Å². The predicted octanol–water partition coefficient (Wildman–Crippen LogP) is 3.09. The first kappa shape index (κ1) is 20.4. The van der Waals surface area contributed by atoms with E-state index in [1.165, 1.54) is 0 Å². The summed E-state index contributed by atoms with van der Waals surface area (Å²) in [4.78, 5) is 17.4. The first-order chi connectivity index (χ1) is 13.2. The summed E-state index contributed by atoms with van der Waals surface area (Å²) < 4.78 is 4.06. The molecule has 3 heterocycles. The molecule has 2 N–H and O–H groups in total. The number of benzene rings is 1. The number of halogens is 1.